The molecule has 0 aliphatic heterocycles. The van der Waals surface area contributed by atoms with Gasteiger partial charge in [-0.15, -0.1) is 0 Å². The molecule has 0 fully saturated rings. The van der Waals surface area contributed by atoms with Crippen molar-refractivity contribution < 1.29 is 9.94 Å². The number of nitrogens with zero attached hydrogens (tertiary/aromatic N) is 1. The Morgan fingerprint density at radius 3 is 2.42 bits per heavy atom. The average molecular weight is 296 g/mol. The highest BCUT2D eigenvalue weighted by atomic mass is 35.5. The fourth-order valence-electron chi connectivity index (χ4n) is 1.60. The van der Waals surface area contributed by atoms with Crippen molar-refractivity contribution in [2.75, 3.05) is 0 Å². The van der Waals surface area contributed by atoms with Crippen molar-refractivity contribution in [1.82, 2.24) is 0 Å². The lowest BCUT2D eigenvalue weighted by Gasteiger charge is -2.11. The van der Waals surface area contributed by atoms with Gasteiger partial charge in [0, 0.05) is 21.2 Å². The number of rotatable bonds is 4. The maximum Gasteiger partial charge on any atom is 0.128 e. The van der Waals surface area contributed by atoms with Gasteiger partial charge in [0.15, 0.2) is 0 Å². The number of hydrogen-bond donors (Lipinski definition) is 1. The van der Waals surface area contributed by atoms with E-state index in [2.05, 4.69) is 5.16 Å². The first kappa shape index (κ1) is 13.7. The molecule has 0 spiro atoms. The van der Waals surface area contributed by atoms with Crippen LogP contribution in [-0.4, -0.2) is 11.4 Å². The van der Waals surface area contributed by atoms with E-state index >= 15 is 0 Å². The molecule has 0 unspecified atom stereocenters. The number of hydrogen-bond acceptors (Lipinski definition) is 3. The minimum absolute atomic E-state index is 0.245. The van der Waals surface area contributed by atoms with Crippen molar-refractivity contribution >= 4 is 29.4 Å². The fraction of sp³-hybridized carbons (Fsp3) is 0.0714. The van der Waals surface area contributed by atoms with Crippen LogP contribution in [0, 0.1) is 0 Å². The summed E-state index contributed by atoms with van der Waals surface area (Å²) in [6.07, 6.45) is 1.31. The Labute approximate surface area is 121 Å². The molecule has 3 nitrogen and oxygen atoms in total. The second-order valence-electron chi connectivity index (χ2n) is 3.77. The summed E-state index contributed by atoms with van der Waals surface area (Å²) in [6.45, 7) is 0.245. The molecule has 0 radical (unpaired) electrons. The lowest BCUT2D eigenvalue weighted by atomic mass is 10.2. The Morgan fingerprint density at radius 1 is 1.05 bits per heavy atom. The number of ether oxygens (including phenoxy) is 1. The molecule has 1 N–H and O–H groups in total. The Hall–Kier alpha value is -1.71. The third kappa shape index (κ3) is 3.40. The van der Waals surface area contributed by atoms with E-state index < -0.39 is 0 Å². The number of oxime groups is 1. The maximum atomic E-state index is 8.59. The first-order valence-corrected chi connectivity index (χ1v) is 6.30. The summed E-state index contributed by atoms with van der Waals surface area (Å²) in [5.41, 5.74) is 1.40. The standard InChI is InChI=1S/C14H11Cl2NO2/c15-12-5-3-6-13(16)11(12)9-19-14-7-2-1-4-10(14)8-17-18/h1-8,18H,9H2. The van der Waals surface area contributed by atoms with Gasteiger partial charge in [-0.1, -0.05) is 46.6 Å². The van der Waals surface area contributed by atoms with Crippen LogP contribution in [0.5, 0.6) is 5.75 Å². The van der Waals surface area contributed by atoms with E-state index in [1.807, 2.05) is 12.1 Å². The summed E-state index contributed by atoms with van der Waals surface area (Å²) in [4.78, 5) is 0. The first-order chi connectivity index (χ1) is 9.22. The van der Waals surface area contributed by atoms with E-state index in [1.165, 1.54) is 6.21 Å². The zero-order chi connectivity index (χ0) is 13.7. The predicted molar refractivity (Wildman–Crippen MR) is 76.6 cm³/mol. The van der Waals surface area contributed by atoms with Gasteiger partial charge in [0.1, 0.15) is 12.4 Å². The monoisotopic (exact) mass is 295 g/mol. The highest BCUT2D eigenvalue weighted by Crippen LogP contribution is 2.26. The van der Waals surface area contributed by atoms with E-state index in [4.69, 9.17) is 33.1 Å². The molecule has 0 aliphatic carbocycles. The molecule has 19 heavy (non-hydrogen) atoms. The van der Waals surface area contributed by atoms with Crippen LogP contribution < -0.4 is 4.74 Å². The van der Waals surface area contributed by atoms with Gasteiger partial charge >= 0.3 is 0 Å². The zero-order valence-corrected chi connectivity index (χ0v) is 11.4. The molecule has 0 heterocycles. The van der Waals surface area contributed by atoms with E-state index in [-0.39, 0.29) is 6.61 Å². The minimum atomic E-state index is 0.245. The van der Waals surface area contributed by atoms with Crippen LogP contribution in [0.15, 0.2) is 47.6 Å². The van der Waals surface area contributed by atoms with Crippen LogP contribution in [0.1, 0.15) is 11.1 Å². The topological polar surface area (TPSA) is 41.8 Å². The smallest absolute Gasteiger partial charge is 0.128 e. The second kappa shape index (κ2) is 6.45. The zero-order valence-electron chi connectivity index (χ0n) is 9.88. The summed E-state index contributed by atoms with van der Waals surface area (Å²) in [7, 11) is 0. The van der Waals surface area contributed by atoms with Crippen molar-refractivity contribution in [2.45, 2.75) is 6.61 Å². The van der Waals surface area contributed by atoms with E-state index in [9.17, 15) is 0 Å². The van der Waals surface area contributed by atoms with Crippen molar-refractivity contribution in [1.29, 1.82) is 0 Å². The summed E-state index contributed by atoms with van der Waals surface area (Å²) in [6, 6.07) is 12.5. The summed E-state index contributed by atoms with van der Waals surface area (Å²) < 4.78 is 5.67. The molecule has 0 aromatic heterocycles. The van der Waals surface area contributed by atoms with Gasteiger partial charge in [0.2, 0.25) is 0 Å². The maximum absolute atomic E-state index is 8.59. The van der Waals surface area contributed by atoms with E-state index in [0.717, 1.165) is 5.56 Å². The molecule has 0 saturated carbocycles. The van der Waals surface area contributed by atoms with Crippen molar-refractivity contribution in [3.8, 4) is 5.75 Å². The average Bonchev–Trinajstić information content (AvgIpc) is 2.40. The molecule has 5 heteroatoms. The van der Waals surface area contributed by atoms with Gasteiger partial charge in [-0.3, -0.25) is 0 Å². The van der Waals surface area contributed by atoms with Gasteiger partial charge in [0.05, 0.1) is 6.21 Å². The largest absolute Gasteiger partial charge is 0.488 e. The molecule has 2 aromatic carbocycles. The summed E-state index contributed by atoms with van der Waals surface area (Å²) in [5, 5.41) is 12.7. The van der Waals surface area contributed by atoms with Crippen molar-refractivity contribution in [3.63, 3.8) is 0 Å². The Morgan fingerprint density at radius 2 is 1.74 bits per heavy atom. The minimum Gasteiger partial charge on any atom is -0.488 e. The third-order valence-electron chi connectivity index (χ3n) is 2.55. The molecular formula is C14H11Cl2NO2. The van der Waals surface area contributed by atoms with Crippen LogP contribution in [0.4, 0.5) is 0 Å². The summed E-state index contributed by atoms with van der Waals surface area (Å²) in [5.74, 6) is 0.594. The third-order valence-corrected chi connectivity index (χ3v) is 3.26. The number of benzene rings is 2. The molecule has 98 valence electrons. The lowest BCUT2D eigenvalue weighted by Crippen LogP contribution is -1.99. The van der Waals surface area contributed by atoms with Gasteiger partial charge in [-0.05, 0) is 24.3 Å². The lowest BCUT2D eigenvalue weighted by molar-refractivity contribution is 0.304. The van der Waals surface area contributed by atoms with Crippen LogP contribution in [0.2, 0.25) is 10.0 Å². The highest BCUT2D eigenvalue weighted by molar-refractivity contribution is 6.35. The normalized spacial score (nSPS) is 10.8. The highest BCUT2D eigenvalue weighted by Gasteiger charge is 2.07. The van der Waals surface area contributed by atoms with Crippen LogP contribution in [0.3, 0.4) is 0 Å². The van der Waals surface area contributed by atoms with Gasteiger partial charge in [0.25, 0.3) is 0 Å². The van der Waals surface area contributed by atoms with Crippen molar-refractivity contribution in [2.24, 2.45) is 5.16 Å². The van der Waals surface area contributed by atoms with Gasteiger partial charge in [-0.2, -0.15) is 0 Å². The predicted octanol–water partition coefficient (Wildman–Crippen LogP) is 4.38. The molecular weight excluding hydrogens is 285 g/mol. The molecule has 2 rings (SSSR count). The van der Waals surface area contributed by atoms with Crippen LogP contribution in [0.25, 0.3) is 0 Å². The Kier molecular flexibility index (Phi) is 4.66. The SMILES string of the molecule is ON=Cc1ccccc1OCc1c(Cl)cccc1Cl. The van der Waals surface area contributed by atoms with Crippen LogP contribution in [-0.2, 0) is 6.61 Å². The fourth-order valence-corrected chi connectivity index (χ4v) is 2.11. The Bertz CT molecular complexity index is 579. The molecule has 0 amide bonds. The first-order valence-electron chi connectivity index (χ1n) is 5.54. The van der Waals surface area contributed by atoms with Crippen molar-refractivity contribution in [3.05, 3.63) is 63.6 Å². The summed E-state index contributed by atoms with van der Waals surface area (Å²) >= 11 is 12.1. The molecule has 0 bridgehead atoms. The quantitative estimate of drug-likeness (QED) is 0.517. The second-order valence-corrected chi connectivity index (χ2v) is 4.59. The van der Waals surface area contributed by atoms with E-state index in [0.29, 0.717) is 21.4 Å². The molecule has 2 aromatic rings. The van der Waals surface area contributed by atoms with Gasteiger partial charge in [-0.25, -0.2) is 0 Å². The Balaban J connectivity index is 2.19. The molecule has 0 atom stereocenters. The molecule has 0 aliphatic rings. The van der Waals surface area contributed by atoms with Gasteiger partial charge < -0.3 is 9.94 Å². The van der Waals surface area contributed by atoms with Crippen LogP contribution >= 0.6 is 23.2 Å². The van der Waals surface area contributed by atoms with E-state index in [1.54, 1.807) is 30.3 Å². The molecule has 0 saturated heterocycles. The number of para-hydroxylation sites is 1. The number of halogens is 2.